The zero-order valence-corrected chi connectivity index (χ0v) is 9.45. The fraction of sp³-hybridized carbons (Fsp3) is 0.0769. The second-order valence-corrected chi connectivity index (χ2v) is 3.82. The molecule has 0 fully saturated rings. The van der Waals surface area contributed by atoms with Crippen LogP contribution in [0.4, 0.5) is 0 Å². The predicted molar refractivity (Wildman–Crippen MR) is 63.2 cm³/mol. The average Bonchev–Trinajstić information content (AvgIpc) is 2.27. The van der Waals surface area contributed by atoms with Crippen LogP contribution in [0.5, 0.6) is 17.2 Å². The Hall–Kier alpha value is -1.67. The molecule has 16 heavy (non-hydrogen) atoms. The van der Waals surface area contributed by atoms with Crippen molar-refractivity contribution in [1.82, 2.24) is 0 Å². The normalized spacial score (nSPS) is 10.1. The molecule has 2 nitrogen and oxygen atoms in total. The summed E-state index contributed by atoms with van der Waals surface area (Å²) in [5.41, 5.74) is 0.811. The quantitative estimate of drug-likeness (QED) is 0.851. The third-order valence-corrected chi connectivity index (χ3v) is 2.55. The number of hydrogen-bond acceptors (Lipinski definition) is 2. The van der Waals surface area contributed by atoms with Gasteiger partial charge in [-0.3, -0.25) is 0 Å². The predicted octanol–water partition coefficient (Wildman–Crippen LogP) is 3.95. The molecule has 81 valence electrons. The summed E-state index contributed by atoms with van der Waals surface area (Å²) >= 11 is 5.95. The molecule has 0 amide bonds. The minimum Gasteiger partial charge on any atom is -0.504 e. The van der Waals surface area contributed by atoms with Crippen molar-refractivity contribution in [2.24, 2.45) is 0 Å². The van der Waals surface area contributed by atoms with Gasteiger partial charge in [0.05, 0.1) is 0 Å². The van der Waals surface area contributed by atoms with Gasteiger partial charge in [0.15, 0.2) is 11.5 Å². The Balaban J connectivity index is 2.32. The Labute approximate surface area is 99.1 Å². The van der Waals surface area contributed by atoms with Crippen molar-refractivity contribution in [3.05, 3.63) is 53.1 Å². The molecule has 2 aromatic carbocycles. The molecule has 0 unspecified atom stereocenters. The second kappa shape index (κ2) is 4.45. The smallest absolute Gasteiger partial charge is 0.170 e. The van der Waals surface area contributed by atoms with E-state index < -0.39 is 0 Å². The number of phenolic OH excluding ortho intramolecular Hbond substituents is 1. The molecular weight excluding hydrogens is 224 g/mol. The van der Waals surface area contributed by atoms with Crippen LogP contribution in [0.1, 0.15) is 5.56 Å². The van der Waals surface area contributed by atoms with Crippen LogP contribution in [0.15, 0.2) is 36.4 Å². The minimum absolute atomic E-state index is 0.0748. The third-order valence-electron chi connectivity index (χ3n) is 2.15. The van der Waals surface area contributed by atoms with Crippen molar-refractivity contribution >= 4 is 11.6 Å². The molecule has 0 aliphatic heterocycles. The second-order valence-electron chi connectivity index (χ2n) is 3.41. The standard InChI is InChI=1S/C13H10ClO2/c1-9-7-12(15)13(8-11(9)14)16-10-5-3-2-4-6-10/h2-3,5-8,15H,1H3. The van der Waals surface area contributed by atoms with Gasteiger partial charge in [-0.25, -0.2) is 0 Å². The molecule has 0 saturated heterocycles. The van der Waals surface area contributed by atoms with Crippen molar-refractivity contribution in [2.45, 2.75) is 6.92 Å². The van der Waals surface area contributed by atoms with Crippen LogP contribution in [0, 0.1) is 13.0 Å². The number of aromatic hydroxyl groups is 1. The maximum Gasteiger partial charge on any atom is 0.170 e. The van der Waals surface area contributed by atoms with E-state index in [9.17, 15) is 5.11 Å². The van der Waals surface area contributed by atoms with Crippen LogP contribution in [0.3, 0.4) is 0 Å². The number of aryl methyl sites for hydroxylation is 1. The largest absolute Gasteiger partial charge is 0.504 e. The van der Waals surface area contributed by atoms with Gasteiger partial charge in [0.25, 0.3) is 0 Å². The number of halogens is 1. The van der Waals surface area contributed by atoms with Crippen molar-refractivity contribution < 1.29 is 9.84 Å². The zero-order chi connectivity index (χ0) is 11.5. The van der Waals surface area contributed by atoms with Crippen LogP contribution in [-0.2, 0) is 0 Å². The molecule has 0 aromatic heterocycles. The first-order chi connectivity index (χ1) is 7.66. The molecule has 2 rings (SSSR count). The number of rotatable bonds is 2. The number of ether oxygens (including phenoxy) is 1. The molecular formula is C13H10ClO2. The van der Waals surface area contributed by atoms with E-state index in [0.29, 0.717) is 16.5 Å². The number of hydrogen-bond donors (Lipinski definition) is 1. The molecule has 3 heteroatoms. The zero-order valence-electron chi connectivity index (χ0n) is 8.70. The molecule has 0 aliphatic rings. The average molecular weight is 234 g/mol. The minimum atomic E-state index is 0.0748. The van der Waals surface area contributed by atoms with E-state index in [1.54, 1.807) is 30.3 Å². The fourth-order valence-electron chi connectivity index (χ4n) is 1.30. The lowest BCUT2D eigenvalue weighted by molar-refractivity contribution is 0.411. The topological polar surface area (TPSA) is 29.5 Å². The summed E-state index contributed by atoms with van der Waals surface area (Å²) in [4.78, 5) is 0. The summed E-state index contributed by atoms with van der Waals surface area (Å²) in [5.74, 6) is 1.03. The highest BCUT2D eigenvalue weighted by Gasteiger charge is 2.07. The molecule has 1 radical (unpaired) electrons. The fourth-order valence-corrected chi connectivity index (χ4v) is 1.45. The summed E-state index contributed by atoms with van der Waals surface area (Å²) in [6.07, 6.45) is 0. The van der Waals surface area contributed by atoms with Gasteiger partial charge in [-0.15, -0.1) is 0 Å². The van der Waals surface area contributed by atoms with E-state index >= 15 is 0 Å². The van der Waals surface area contributed by atoms with Gasteiger partial charge >= 0.3 is 0 Å². The maximum absolute atomic E-state index is 9.68. The summed E-state index contributed by atoms with van der Waals surface area (Å²) in [6, 6.07) is 13.1. The lowest BCUT2D eigenvalue weighted by Gasteiger charge is -2.09. The number of phenols is 1. The van der Waals surface area contributed by atoms with E-state index in [4.69, 9.17) is 16.3 Å². The van der Waals surface area contributed by atoms with E-state index in [2.05, 4.69) is 6.07 Å². The Kier molecular flexibility index (Phi) is 3.02. The highest BCUT2D eigenvalue weighted by molar-refractivity contribution is 6.31. The molecule has 0 bridgehead atoms. The Bertz CT molecular complexity index is 495. The van der Waals surface area contributed by atoms with E-state index in [1.807, 2.05) is 13.0 Å². The van der Waals surface area contributed by atoms with Crippen LogP contribution >= 0.6 is 11.6 Å². The van der Waals surface area contributed by atoms with Gasteiger partial charge in [-0.1, -0.05) is 23.7 Å². The van der Waals surface area contributed by atoms with E-state index in [1.165, 1.54) is 0 Å². The van der Waals surface area contributed by atoms with Gasteiger partial charge in [-0.2, -0.15) is 0 Å². The number of benzene rings is 2. The molecule has 0 aliphatic carbocycles. The monoisotopic (exact) mass is 233 g/mol. The first kappa shape index (κ1) is 10.8. The molecule has 2 aromatic rings. The Morgan fingerprint density at radius 2 is 2.19 bits per heavy atom. The molecule has 0 saturated carbocycles. The molecule has 1 N–H and O–H groups in total. The van der Waals surface area contributed by atoms with Crippen LogP contribution < -0.4 is 4.74 Å². The SMILES string of the molecule is Cc1cc(O)c(Oc2c[c]ccc2)cc1Cl. The molecule has 0 spiro atoms. The van der Waals surface area contributed by atoms with Crippen LogP contribution in [-0.4, -0.2) is 5.11 Å². The lowest BCUT2D eigenvalue weighted by atomic mass is 10.2. The van der Waals surface area contributed by atoms with Crippen LogP contribution in [0.25, 0.3) is 0 Å². The summed E-state index contributed by atoms with van der Waals surface area (Å²) in [5, 5.41) is 10.2. The highest BCUT2D eigenvalue weighted by atomic mass is 35.5. The first-order valence-electron chi connectivity index (χ1n) is 4.80. The Morgan fingerprint density at radius 3 is 2.88 bits per heavy atom. The lowest BCUT2D eigenvalue weighted by Crippen LogP contribution is -1.86. The van der Waals surface area contributed by atoms with Gasteiger partial charge in [0, 0.05) is 11.1 Å². The molecule has 0 heterocycles. The van der Waals surface area contributed by atoms with Crippen LogP contribution in [0.2, 0.25) is 5.02 Å². The van der Waals surface area contributed by atoms with Gasteiger partial charge < -0.3 is 9.84 Å². The highest BCUT2D eigenvalue weighted by Crippen LogP contribution is 2.34. The van der Waals surface area contributed by atoms with E-state index in [0.717, 1.165) is 5.56 Å². The summed E-state index contributed by atoms with van der Waals surface area (Å²) in [6.45, 7) is 1.82. The maximum atomic E-state index is 9.68. The molecule has 0 atom stereocenters. The van der Waals surface area contributed by atoms with Gasteiger partial charge in [-0.05, 0) is 36.8 Å². The van der Waals surface area contributed by atoms with Crippen molar-refractivity contribution in [2.75, 3.05) is 0 Å². The summed E-state index contributed by atoms with van der Waals surface area (Å²) in [7, 11) is 0. The van der Waals surface area contributed by atoms with Crippen molar-refractivity contribution in [1.29, 1.82) is 0 Å². The van der Waals surface area contributed by atoms with Crippen molar-refractivity contribution in [3.8, 4) is 17.2 Å². The van der Waals surface area contributed by atoms with Gasteiger partial charge in [0.1, 0.15) is 5.75 Å². The Morgan fingerprint density at radius 1 is 1.38 bits per heavy atom. The van der Waals surface area contributed by atoms with Gasteiger partial charge in [0.2, 0.25) is 0 Å². The third kappa shape index (κ3) is 2.28. The van der Waals surface area contributed by atoms with Crippen molar-refractivity contribution in [3.63, 3.8) is 0 Å². The van der Waals surface area contributed by atoms with E-state index in [-0.39, 0.29) is 5.75 Å². The first-order valence-corrected chi connectivity index (χ1v) is 5.17. The summed E-state index contributed by atoms with van der Waals surface area (Å²) < 4.78 is 5.48.